The fourth-order valence-electron chi connectivity index (χ4n) is 2.90. The highest BCUT2D eigenvalue weighted by Gasteiger charge is 2.35. The molecule has 0 unspecified atom stereocenters. The number of carbonyl (C=O) groups is 2. The second kappa shape index (κ2) is 9.94. The quantitative estimate of drug-likeness (QED) is 0.448. The zero-order valence-corrected chi connectivity index (χ0v) is 14.9. The molecule has 0 aliphatic carbocycles. The number of hydrogen-bond acceptors (Lipinski definition) is 5. The van der Waals surface area contributed by atoms with Gasteiger partial charge in [-0.05, 0) is 36.6 Å². The van der Waals surface area contributed by atoms with Crippen molar-refractivity contribution < 1.29 is 19.8 Å². The van der Waals surface area contributed by atoms with E-state index in [2.05, 4.69) is 17.2 Å². The molecule has 0 aromatic heterocycles. The van der Waals surface area contributed by atoms with Gasteiger partial charge in [-0.25, -0.2) is 0 Å². The third-order valence-corrected chi connectivity index (χ3v) is 4.41. The molecule has 0 saturated carbocycles. The Hall–Kier alpha value is -2.38. The van der Waals surface area contributed by atoms with Crippen molar-refractivity contribution in [3.05, 3.63) is 48.2 Å². The molecule has 26 heavy (non-hydrogen) atoms. The first kappa shape index (κ1) is 19.9. The number of nitrogens with zero attached hydrogens (tertiary/aromatic N) is 1. The van der Waals surface area contributed by atoms with Crippen LogP contribution < -0.4 is 10.6 Å². The number of hydrogen-bond donors (Lipinski definition) is 4. The lowest BCUT2D eigenvalue weighted by molar-refractivity contribution is -0.153. The van der Waals surface area contributed by atoms with E-state index in [1.54, 1.807) is 6.20 Å². The molecule has 7 nitrogen and oxygen atoms in total. The molecule has 0 bridgehead atoms. The van der Waals surface area contributed by atoms with Crippen molar-refractivity contribution in [2.24, 2.45) is 0 Å². The maximum Gasteiger partial charge on any atom is 0.255 e. The van der Waals surface area contributed by atoms with Gasteiger partial charge in [-0.3, -0.25) is 9.59 Å². The van der Waals surface area contributed by atoms with Gasteiger partial charge in [0.05, 0.1) is 0 Å². The number of nitrogens with one attached hydrogen (secondary N) is 2. The summed E-state index contributed by atoms with van der Waals surface area (Å²) in [4.78, 5) is 25.7. The predicted octanol–water partition coefficient (Wildman–Crippen LogP) is 0.270. The van der Waals surface area contributed by atoms with Gasteiger partial charge in [0.15, 0.2) is 12.2 Å². The lowest BCUT2D eigenvalue weighted by Crippen LogP contribution is -2.49. The molecule has 2 rings (SSSR count). The summed E-state index contributed by atoms with van der Waals surface area (Å²) in [6, 6.07) is 7.61. The number of aliphatic hydroxyl groups is 2. The zero-order chi connectivity index (χ0) is 18.9. The largest absolute Gasteiger partial charge is 0.391 e. The molecule has 2 atom stereocenters. The first-order chi connectivity index (χ1) is 12.5. The van der Waals surface area contributed by atoms with Gasteiger partial charge in [0.1, 0.15) is 0 Å². The Morgan fingerprint density at radius 2 is 1.69 bits per heavy atom. The van der Waals surface area contributed by atoms with Crippen molar-refractivity contribution >= 4 is 11.8 Å². The lowest BCUT2D eigenvalue weighted by atomic mass is 10.1. The van der Waals surface area contributed by atoms with E-state index in [1.165, 1.54) is 4.90 Å². The molecule has 0 fully saturated rings. The monoisotopic (exact) mass is 361 g/mol. The van der Waals surface area contributed by atoms with Crippen LogP contribution in [0.15, 0.2) is 37.0 Å². The Morgan fingerprint density at radius 1 is 1.08 bits per heavy atom. The molecule has 1 aromatic rings. The Morgan fingerprint density at radius 3 is 2.31 bits per heavy atom. The van der Waals surface area contributed by atoms with Crippen LogP contribution in [-0.4, -0.2) is 52.2 Å². The fraction of sp³-hybridized carbons (Fsp3) is 0.474. The lowest BCUT2D eigenvalue weighted by Gasteiger charge is -2.22. The van der Waals surface area contributed by atoms with Crippen LogP contribution in [0.5, 0.6) is 0 Å². The normalized spacial score (nSPS) is 15.1. The van der Waals surface area contributed by atoms with Gasteiger partial charge in [0.25, 0.3) is 11.8 Å². The second-order valence-corrected chi connectivity index (χ2v) is 6.36. The fourth-order valence-corrected chi connectivity index (χ4v) is 2.90. The van der Waals surface area contributed by atoms with Gasteiger partial charge in [0, 0.05) is 26.2 Å². The van der Waals surface area contributed by atoms with E-state index in [0.717, 1.165) is 36.9 Å². The summed E-state index contributed by atoms with van der Waals surface area (Å²) in [6.45, 7) is 5.52. The van der Waals surface area contributed by atoms with E-state index in [9.17, 15) is 19.8 Å². The minimum atomic E-state index is -1.77. The predicted molar refractivity (Wildman–Crippen MR) is 97.8 cm³/mol. The highest BCUT2D eigenvalue weighted by molar-refractivity contribution is 5.90. The maximum absolute atomic E-state index is 12.4. The molecule has 7 heteroatoms. The smallest absolute Gasteiger partial charge is 0.255 e. The van der Waals surface area contributed by atoms with Crippen molar-refractivity contribution in [3.63, 3.8) is 0 Å². The van der Waals surface area contributed by atoms with Crippen LogP contribution in [0.25, 0.3) is 0 Å². The van der Waals surface area contributed by atoms with Crippen LogP contribution in [0.4, 0.5) is 0 Å². The number of amides is 2. The molecule has 2 amide bonds. The molecule has 1 aliphatic heterocycles. The standard InChI is InChI=1S/C19H27N3O4/c1-2-20-10-6-3-7-11-21-18(25)16(23)17(24)19(26)22-12-14-8-4-5-9-15(14)13-22/h2,4-5,8-9,16-17,20,23-24H,1,3,6-7,10-13H2,(H,21,25)/t16-,17-/m1/s1. The second-order valence-electron chi connectivity index (χ2n) is 6.36. The summed E-state index contributed by atoms with van der Waals surface area (Å²) >= 11 is 0. The first-order valence-corrected chi connectivity index (χ1v) is 8.88. The van der Waals surface area contributed by atoms with Crippen LogP contribution >= 0.6 is 0 Å². The molecule has 1 aliphatic rings. The van der Waals surface area contributed by atoms with E-state index >= 15 is 0 Å². The van der Waals surface area contributed by atoms with E-state index in [1.807, 2.05) is 24.3 Å². The van der Waals surface area contributed by atoms with Gasteiger partial charge in [-0.1, -0.05) is 30.8 Å². The third kappa shape index (κ3) is 5.31. The molecule has 0 saturated heterocycles. The summed E-state index contributed by atoms with van der Waals surface area (Å²) in [7, 11) is 0. The molecule has 1 aromatic carbocycles. The van der Waals surface area contributed by atoms with E-state index in [4.69, 9.17) is 0 Å². The Labute approximate surface area is 153 Å². The molecule has 142 valence electrons. The van der Waals surface area contributed by atoms with E-state index < -0.39 is 24.0 Å². The SMILES string of the molecule is C=CNCCCCCNC(=O)[C@H](O)[C@@H](O)C(=O)N1Cc2ccccc2C1. The zero-order valence-electron chi connectivity index (χ0n) is 14.9. The minimum absolute atomic E-state index is 0.374. The van der Waals surface area contributed by atoms with Crippen LogP contribution in [0.3, 0.4) is 0 Å². The minimum Gasteiger partial charge on any atom is -0.391 e. The molecule has 0 radical (unpaired) electrons. The van der Waals surface area contributed by atoms with Crippen molar-refractivity contribution in [1.82, 2.24) is 15.5 Å². The topological polar surface area (TPSA) is 102 Å². The summed E-state index contributed by atoms with van der Waals surface area (Å²) in [6.07, 6.45) is 0.707. The molecule has 4 N–H and O–H groups in total. The summed E-state index contributed by atoms with van der Waals surface area (Å²) in [5, 5.41) is 25.6. The van der Waals surface area contributed by atoms with Gasteiger partial charge >= 0.3 is 0 Å². The summed E-state index contributed by atoms with van der Waals surface area (Å²) < 4.78 is 0. The van der Waals surface area contributed by atoms with Crippen LogP contribution in [-0.2, 0) is 22.7 Å². The first-order valence-electron chi connectivity index (χ1n) is 8.88. The number of aliphatic hydroxyl groups excluding tert-OH is 2. The molecule has 1 heterocycles. The Bertz CT molecular complexity index is 610. The maximum atomic E-state index is 12.4. The van der Waals surface area contributed by atoms with E-state index in [-0.39, 0.29) is 0 Å². The Balaban J connectivity index is 1.72. The highest BCUT2D eigenvalue weighted by atomic mass is 16.3. The van der Waals surface area contributed by atoms with Crippen LogP contribution in [0, 0.1) is 0 Å². The van der Waals surface area contributed by atoms with E-state index in [0.29, 0.717) is 19.6 Å². The van der Waals surface area contributed by atoms with Gasteiger partial charge in [-0.2, -0.15) is 0 Å². The number of fused-ring (bicyclic) bond motifs is 1. The number of rotatable bonds is 10. The highest BCUT2D eigenvalue weighted by Crippen LogP contribution is 2.23. The number of benzene rings is 1. The molecule has 0 spiro atoms. The number of carbonyl (C=O) groups excluding carboxylic acids is 2. The van der Waals surface area contributed by atoms with Crippen LogP contribution in [0.2, 0.25) is 0 Å². The summed E-state index contributed by atoms with van der Waals surface area (Å²) in [5.74, 6) is -1.37. The average molecular weight is 361 g/mol. The third-order valence-electron chi connectivity index (χ3n) is 4.41. The summed E-state index contributed by atoms with van der Waals surface area (Å²) in [5.41, 5.74) is 2.02. The molecular weight excluding hydrogens is 334 g/mol. The molecular formula is C19H27N3O4. The van der Waals surface area contributed by atoms with Crippen LogP contribution in [0.1, 0.15) is 30.4 Å². The van der Waals surface area contributed by atoms with Gasteiger partial charge in [-0.15, -0.1) is 0 Å². The van der Waals surface area contributed by atoms with Crippen molar-refractivity contribution in [2.75, 3.05) is 13.1 Å². The van der Waals surface area contributed by atoms with Gasteiger partial charge < -0.3 is 25.7 Å². The van der Waals surface area contributed by atoms with Gasteiger partial charge in [0.2, 0.25) is 0 Å². The number of unbranched alkanes of at least 4 members (excludes halogenated alkanes) is 2. The van der Waals surface area contributed by atoms with Crippen molar-refractivity contribution in [3.8, 4) is 0 Å². The van der Waals surface area contributed by atoms with Crippen molar-refractivity contribution in [2.45, 2.75) is 44.6 Å². The van der Waals surface area contributed by atoms with Crippen molar-refractivity contribution in [1.29, 1.82) is 0 Å². The Kier molecular flexibility index (Phi) is 7.62. The average Bonchev–Trinajstić information content (AvgIpc) is 3.09.